The van der Waals surface area contributed by atoms with Crippen LogP contribution in [0, 0.1) is 0 Å². The second-order valence-electron chi connectivity index (χ2n) is 13.0. The monoisotopic (exact) mass is 587 g/mol. The fraction of sp³-hybridized carbons (Fsp3) is 0.0667. The summed E-state index contributed by atoms with van der Waals surface area (Å²) < 4.78 is 2.43. The van der Waals surface area contributed by atoms with Crippen molar-refractivity contribution in [1.82, 2.24) is 4.57 Å². The van der Waals surface area contributed by atoms with Gasteiger partial charge in [-0.1, -0.05) is 135 Å². The normalized spacial score (nSPS) is 13.2. The van der Waals surface area contributed by atoms with Gasteiger partial charge in [-0.25, -0.2) is 0 Å². The van der Waals surface area contributed by atoms with E-state index in [4.69, 9.17) is 0 Å². The van der Waals surface area contributed by atoms with E-state index in [9.17, 15) is 0 Å². The first-order valence-electron chi connectivity index (χ1n) is 16.1. The number of para-hydroxylation sites is 3. The average Bonchev–Trinajstić information content (AvgIpc) is 3.57. The van der Waals surface area contributed by atoms with E-state index in [2.05, 4.69) is 182 Å². The van der Waals surface area contributed by atoms with Crippen LogP contribution in [0.15, 0.2) is 164 Å². The number of fused-ring (bicyclic) bond motifs is 6. The Bertz CT molecular complexity index is 2430. The fourth-order valence-electron chi connectivity index (χ4n) is 7.73. The number of benzene rings is 7. The van der Waals surface area contributed by atoms with E-state index in [0.29, 0.717) is 0 Å². The zero-order valence-electron chi connectivity index (χ0n) is 26.0. The van der Waals surface area contributed by atoms with Gasteiger partial charge < -0.3 is 4.57 Å². The molecule has 0 spiro atoms. The highest BCUT2D eigenvalue weighted by Crippen LogP contribution is 2.50. The molecule has 0 atom stereocenters. The van der Waals surface area contributed by atoms with Crippen LogP contribution in [0.5, 0.6) is 0 Å². The van der Waals surface area contributed by atoms with Crippen molar-refractivity contribution in [2.24, 2.45) is 0 Å². The van der Waals surface area contributed by atoms with Gasteiger partial charge in [0.1, 0.15) is 0 Å². The minimum Gasteiger partial charge on any atom is -0.309 e. The maximum atomic E-state index is 2.44. The molecule has 0 fully saturated rings. The van der Waals surface area contributed by atoms with Crippen LogP contribution in [-0.2, 0) is 5.41 Å². The molecule has 0 aliphatic heterocycles. The maximum absolute atomic E-state index is 2.44. The minimum atomic E-state index is -0.0516. The van der Waals surface area contributed by atoms with Crippen molar-refractivity contribution < 1.29 is 0 Å². The lowest BCUT2D eigenvalue weighted by Crippen LogP contribution is -2.14. The molecule has 0 saturated carbocycles. The molecule has 7 aromatic carbocycles. The Morgan fingerprint density at radius 1 is 0.391 bits per heavy atom. The Morgan fingerprint density at radius 2 is 1.00 bits per heavy atom. The SMILES string of the molecule is CC1(C)c2ccccc2-c2ccc(-c3cc(-c4ccccc4)cc(-c4cccc5c6ccccc6n(-c6ccccc6)c45)c3)cc21. The molecule has 1 nitrogen and oxygen atoms in total. The minimum absolute atomic E-state index is 0.0516. The lowest BCUT2D eigenvalue weighted by molar-refractivity contribution is 0.660. The highest BCUT2D eigenvalue weighted by Gasteiger charge is 2.35. The largest absolute Gasteiger partial charge is 0.309 e. The van der Waals surface area contributed by atoms with Gasteiger partial charge in [-0.15, -0.1) is 0 Å². The van der Waals surface area contributed by atoms with Gasteiger partial charge in [0.2, 0.25) is 0 Å². The molecule has 1 aromatic heterocycles. The third-order valence-corrected chi connectivity index (χ3v) is 9.98. The number of aromatic nitrogens is 1. The topological polar surface area (TPSA) is 4.93 Å². The van der Waals surface area contributed by atoms with Crippen molar-refractivity contribution in [3.63, 3.8) is 0 Å². The van der Waals surface area contributed by atoms with Gasteiger partial charge in [-0.3, -0.25) is 0 Å². The molecule has 1 heterocycles. The van der Waals surface area contributed by atoms with Crippen LogP contribution in [-0.4, -0.2) is 4.57 Å². The third-order valence-electron chi connectivity index (χ3n) is 9.98. The van der Waals surface area contributed by atoms with Gasteiger partial charge in [-0.05, 0) is 92.5 Å². The van der Waals surface area contributed by atoms with Crippen LogP contribution in [0.25, 0.3) is 72.0 Å². The van der Waals surface area contributed by atoms with Crippen LogP contribution in [0.2, 0.25) is 0 Å². The van der Waals surface area contributed by atoms with E-state index in [-0.39, 0.29) is 5.41 Å². The molecule has 8 aromatic rings. The van der Waals surface area contributed by atoms with Crippen LogP contribution >= 0.6 is 0 Å². The van der Waals surface area contributed by atoms with Gasteiger partial charge in [0.05, 0.1) is 11.0 Å². The van der Waals surface area contributed by atoms with Crippen LogP contribution < -0.4 is 0 Å². The lowest BCUT2D eigenvalue weighted by atomic mass is 9.81. The highest BCUT2D eigenvalue weighted by molar-refractivity contribution is 6.14. The molecule has 0 bridgehead atoms. The summed E-state index contributed by atoms with van der Waals surface area (Å²) in [5.74, 6) is 0. The second-order valence-corrected chi connectivity index (χ2v) is 13.0. The lowest BCUT2D eigenvalue weighted by Gasteiger charge is -2.22. The van der Waals surface area contributed by atoms with Crippen molar-refractivity contribution >= 4 is 21.8 Å². The summed E-state index contributed by atoms with van der Waals surface area (Å²) in [6, 6.07) is 60.2. The van der Waals surface area contributed by atoms with Crippen LogP contribution in [0.3, 0.4) is 0 Å². The number of nitrogens with zero attached hydrogens (tertiary/aromatic N) is 1. The molecular weight excluding hydrogens is 555 g/mol. The number of rotatable bonds is 4. The van der Waals surface area contributed by atoms with Crippen molar-refractivity contribution in [1.29, 1.82) is 0 Å². The molecular formula is C45H33N. The van der Waals surface area contributed by atoms with Crippen LogP contribution in [0.1, 0.15) is 25.0 Å². The quantitative estimate of drug-likeness (QED) is 0.193. The summed E-state index contributed by atoms with van der Waals surface area (Å²) in [6.07, 6.45) is 0. The van der Waals surface area contributed by atoms with Gasteiger partial charge in [0, 0.05) is 27.4 Å². The first kappa shape index (κ1) is 26.7. The molecule has 9 rings (SSSR count). The predicted octanol–water partition coefficient (Wildman–Crippen LogP) is 12.1. The first-order valence-corrected chi connectivity index (χ1v) is 16.1. The van der Waals surface area contributed by atoms with E-state index in [1.54, 1.807) is 0 Å². The van der Waals surface area contributed by atoms with Gasteiger partial charge >= 0.3 is 0 Å². The predicted molar refractivity (Wildman–Crippen MR) is 195 cm³/mol. The van der Waals surface area contributed by atoms with Gasteiger partial charge in [0.15, 0.2) is 0 Å². The van der Waals surface area contributed by atoms with Gasteiger partial charge in [-0.2, -0.15) is 0 Å². The maximum Gasteiger partial charge on any atom is 0.0619 e. The standard InChI is InChI=1S/C45H33N/c1-45(2)41-22-11-9-18-37(41)38-25-24-31(29-42(38)45)33-26-32(30-14-5-3-6-15-30)27-34(28-33)36-20-13-21-40-39-19-10-12-23-43(39)46(44(36)40)35-16-7-4-8-17-35/h3-29H,1-2H3. The van der Waals surface area contributed by atoms with Crippen molar-refractivity contribution in [2.45, 2.75) is 19.3 Å². The van der Waals surface area contributed by atoms with E-state index >= 15 is 0 Å². The third kappa shape index (κ3) is 4.02. The zero-order chi connectivity index (χ0) is 30.8. The van der Waals surface area contributed by atoms with E-state index in [0.717, 1.165) is 0 Å². The summed E-state index contributed by atoms with van der Waals surface area (Å²) in [5.41, 5.74) is 16.4. The summed E-state index contributed by atoms with van der Waals surface area (Å²) in [4.78, 5) is 0. The number of hydrogen-bond acceptors (Lipinski definition) is 0. The molecule has 218 valence electrons. The summed E-state index contributed by atoms with van der Waals surface area (Å²) >= 11 is 0. The molecule has 1 aliphatic rings. The Hall–Kier alpha value is -5.66. The first-order chi connectivity index (χ1) is 22.6. The molecule has 0 N–H and O–H groups in total. The molecule has 0 unspecified atom stereocenters. The summed E-state index contributed by atoms with van der Waals surface area (Å²) in [7, 11) is 0. The number of hydrogen-bond donors (Lipinski definition) is 0. The van der Waals surface area contributed by atoms with E-state index in [1.165, 1.54) is 83.1 Å². The van der Waals surface area contributed by atoms with Crippen molar-refractivity contribution in [2.75, 3.05) is 0 Å². The zero-order valence-corrected chi connectivity index (χ0v) is 26.0. The van der Waals surface area contributed by atoms with E-state index in [1.807, 2.05) is 0 Å². The smallest absolute Gasteiger partial charge is 0.0619 e. The van der Waals surface area contributed by atoms with Crippen molar-refractivity contribution in [3.8, 4) is 50.2 Å². The Labute approximate surface area is 270 Å². The molecule has 1 heteroatoms. The summed E-state index contributed by atoms with van der Waals surface area (Å²) in [5, 5.41) is 2.53. The summed E-state index contributed by atoms with van der Waals surface area (Å²) in [6.45, 7) is 4.72. The Kier molecular flexibility index (Phi) is 5.92. The molecule has 46 heavy (non-hydrogen) atoms. The average molecular weight is 588 g/mol. The van der Waals surface area contributed by atoms with Crippen molar-refractivity contribution in [3.05, 3.63) is 175 Å². The fourth-order valence-corrected chi connectivity index (χ4v) is 7.73. The molecule has 0 radical (unpaired) electrons. The second kappa shape index (κ2) is 10.2. The van der Waals surface area contributed by atoms with Gasteiger partial charge in [0.25, 0.3) is 0 Å². The van der Waals surface area contributed by atoms with Crippen LogP contribution in [0.4, 0.5) is 0 Å². The molecule has 0 saturated heterocycles. The Morgan fingerprint density at radius 3 is 1.83 bits per heavy atom. The molecule has 1 aliphatic carbocycles. The molecule has 0 amide bonds. The van der Waals surface area contributed by atoms with E-state index < -0.39 is 0 Å². The Balaban J connectivity index is 1.31. The highest BCUT2D eigenvalue weighted by atomic mass is 15.0.